The van der Waals surface area contributed by atoms with Crippen molar-refractivity contribution in [3.8, 4) is 5.75 Å². The second-order valence-corrected chi connectivity index (χ2v) is 5.87. The van der Waals surface area contributed by atoms with E-state index in [-0.39, 0.29) is 6.10 Å². The summed E-state index contributed by atoms with van der Waals surface area (Å²) in [6, 6.07) is 15.6. The second kappa shape index (κ2) is 6.84. The molecule has 1 heterocycles. The van der Waals surface area contributed by atoms with Crippen LogP contribution < -0.4 is 10.1 Å². The largest absolute Gasteiger partial charge is 0.491 e. The molecule has 0 fully saturated rings. The van der Waals surface area contributed by atoms with E-state index in [0.29, 0.717) is 17.5 Å². The van der Waals surface area contributed by atoms with Crippen LogP contribution in [0, 0.1) is 0 Å². The molecule has 0 saturated heterocycles. The predicted molar refractivity (Wildman–Crippen MR) is 94.1 cm³/mol. The summed E-state index contributed by atoms with van der Waals surface area (Å²) in [5.74, 6) is 1.46. The number of nitrogens with zero attached hydrogens (tertiary/aromatic N) is 2. The summed E-state index contributed by atoms with van der Waals surface area (Å²) >= 11 is 6.20. The van der Waals surface area contributed by atoms with Gasteiger partial charge >= 0.3 is 0 Å². The Kier molecular flexibility index (Phi) is 4.63. The van der Waals surface area contributed by atoms with Gasteiger partial charge in [-0.1, -0.05) is 35.9 Å². The van der Waals surface area contributed by atoms with Gasteiger partial charge in [0.25, 0.3) is 0 Å². The third-order valence-corrected chi connectivity index (χ3v) is 3.55. The molecule has 0 atom stereocenters. The van der Waals surface area contributed by atoms with Gasteiger partial charge in [-0.2, -0.15) is 0 Å². The van der Waals surface area contributed by atoms with Crippen molar-refractivity contribution in [2.75, 3.05) is 5.32 Å². The van der Waals surface area contributed by atoms with Crippen LogP contribution in [-0.2, 0) is 6.54 Å². The monoisotopic (exact) mass is 327 g/mol. The van der Waals surface area contributed by atoms with Crippen LogP contribution >= 0.6 is 11.6 Å². The van der Waals surface area contributed by atoms with E-state index in [2.05, 4.69) is 15.3 Å². The summed E-state index contributed by atoms with van der Waals surface area (Å²) in [7, 11) is 0. The van der Waals surface area contributed by atoms with Crippen LogP contribution in [0.2, 0.25) is 5.15 Å². The molecule has 0 aliphatic heterocycles. The van der Waals surface area contributed by atoms with Crippen molar-refractivity contribution in [3.05, 3.63) is 59.2 Å². The number of nitrogens with one attached hydrogen (secondary N) is 1. The zero-order valence-electron chi connectivity index (χ0n) is 13.1. The molecule has 3 aromatic rings. The molecule has 0 aliphatic rings. The molecule has 0 aliphatic carbocycles. The highest BCUT2D eigenvalue weighted by molar-refractivity contribution is 6.32. The fourth-order valence-corrected chi connectivity index (χ4v) is 2.43. The highest BCUT2D eigenvalue weighted by atomic mass is 35.5. The Morgan fingerprint density at radius 3 is 2.30 bits per heavy atom. The topological polar surface area (TPSA) is 47.0 Å². The van der Waals surface area contributed by atoms with Crippen molar-refractivity contribution in [2.24, 2.45) is 0 Å². The van der Waals surface area contributed by atoms with Gasteiger partial charge in [0.1, 0.15) is 5.75 Å². The summed E-state index contributed by atoms with van der Waals surface area (Å²) < 4.78 is 5.64. The number of fused-ring (bicyclic) bond motifs is 1. The Morgan fingerprint density at radius 1 is 1.00 bits per heavy atom. The molecule has 3 rings (SSSR count). The van der Waals surface area contributed by atoms with Crippen LogP contribution in [-0.4, -0.2) is 16.1 Å². The standard InChI is InChI=1S/C18H18ClN3O/c1-12(2)23-14-9-7-13(8-10-14)11-20-18-17(19)21-15-5-3-4-6-16(15)22-18/h3-10,12H,11H2,1-2H3,(H,20,22). The number of halogens is 1. The Labute approximate surface area is 140 Å². The lowest BCUT2D eigenvalue weighted by atomic mass is 10.2. The van der Waals surface area contributed by atoms with Gasteiger partial charge in [0.15, 0.2) is 11.0 Å². The van der Waals surface area contributed by atoms with Crippen molar-refractivity contribution < 1.29 is 4.74 Å². The van der Waals surface area contributed by atoms with E-state index in [0.717, 1.165) is 22.3 Å². The zero-order chi connectivity index (χ0) is 16.2. The lowest BCUT2D eigenvalue weighted by Crippen LogP contribution is -2.06. The average Bonchev–Trinajstić information content (AvgIpc) is 2.54. The van der Waals surface area contributed by atoms with E-state index in [4.69, 9.17) is 16.3 Å². The molecule has 2 aromatic carbocycles. The van der Waals surface area contributed by atoms with E-state index in [1.807, 2.05) is 62.4 Å². The fourth-order valence-electron chi connectivity index (χ4n) is 2.23. The van der Waals surface area contributed by atoms with Crippen LogP contribution in [0.25, 0.3) is 11.0 Å². The molecule has 0 unspecified atom stereocenters. The summed E-state index contributed by atoms with van der Waals surface area (Å²) in [4.78, 5) is 8.87. The van der Waals surface area contributed by atoms with Gasteiger partial charge < -0.3 is 10.1 Å². The third kappa shape index (κ3) is 3.90. The van der Waals surface area contributed by atoms with E-state index in [1.54, 1.807) is 0 Å². The molecule has 0 spiro atoms. The first-order valence-electron chi connectivity index (χ1n) is 7.53. The Morgan fingerprint density at radius 2 is 1.65 bits per heavy atom. The highest BCUT2D eigenvalue weighted by Gasteiger charge is 2.06. The molecule has 23 heavy (non-hydrogen) atoms. The van der Waals surface area contributed by atoms with Gasteiger partial charge in [-0.05, 0) is 43.7 Å². The quantitative estimate of drug-likeness (QED) is 0.739. The van der Waals surface area contributed by atoms with Gasteiger partial charge in [-0.25, -0.2) is 9.97 Å². The predicted octanol–water partition coefficient (Wildman–Crippen LogP) is 4.68. The molecule has 0 radical (unpaired) electrons. The van der Waals surface area contributed by atoms with Crippen LogP contribution in [0.5, 0.6) is 5.75 Å². The molecule has 1 aromatic heterocycles. The van der Waals surface area contributed by atoms with Crippen LogP contribution in [0.3, 0.4) is 0 Å². The maximum absolute atomic E-state index is 6.20. The maximum Gasteiger partial charge on any atom is 0.172 e. The Hall–Kier alpha value is -2.33. The minimum Gasteiger partial charge on any atom is -0.491 e. The van der Waals surface area contributed by atoms with E-state index >= 15 is 0 Å². The molecular formula is C18H18ClN3O. The van der Waals surface area contributed by atoms with Crippen molar-refractivity contribution in [2.45, 2.75) is 26.5 Å². The molecule has 4 nitrogen and oxygen atoms in total. The first-order chi connectivity index (χ1) is 11.1. The second-order valence-electron chi connectivity index (χ2n) is 5.52. The van der Waals surface area contributed by atoms with Crippen LogP contribution in [0.4, 0.5) is 5.82 Å². The third-order valence-electron chi connectivity index (χ3n) is 3.28. The number of benzene rings is 2. The smallest absolute Gasteiger partial charge is 0.172 e. The zero-order valence-corrected chi connectivity index (χ0v) is 13.8. The number of hydrogen-bond donors (Lipinski definition) is 1. The van der Waals surface area contributed by atoms with Crippen LogP contribution in [0.1, 0.15) is 19.4 Å². The van der Waals surface area contributed by atoms with Gasteiger partial charge in [0.2, 0.25) is 0 Å². The summed E-state index contributed by atoms with van der Waals surface area (Å²) in [5, 5.41) is 3.61. The summed E-state index contributed by atoms with van der Waals surface area (Å²) in [5.41, 5.74) is 2.73. The lowest BCUT2D eigenvalue weighted by Gasteiger charge is -2.11. The number of rotatable bonds is 5. The molecule has 0 amide bonds. The normalized spacial score (nSPS) is 11.0. The van der Waals surface area contributed by atoms with Gasteiger partial charge in [-0.3, -0.25) is 0 Å². The van der Waals surface area contributed by atoms with Crippen molar-refractivity contribution in [1.82, 2.24) is 9.97 Å². The summed E-state index contributed by atoms with van der Waals surface area (Å²) in [6.45, 7) is 4.64. The SMILES string of the molecule is CC(C)Oc1ccc(CNc2nc3ccccc3nc2Cl)cc1. The number of ether oxygens (including phenoxy) is 1. The molecule has 1 N–H and O–H groups in total. The fraction of sp³-hybridized carbons (Fsp3) is 0.222. The van der Waals surface area contributed by atoms with Gasteiger partial charge in [0.05, 0.1) is 17.1 Å². The van der Waals surface area contributed by atoms with Gasteiger partial charge in [0, 0.05) is 6.54 Å². The molecular weight excluding hydrogens is 310 g/mol. The van der Waals surface area contributed by atoms with Crippen molar-refractivity contribution in [1.29, 1.82) is 0 Å². The first kappa shape index (κ1) is 15.6. The number of aromatic nitrogens is 2. The molecule has 0 bridgehead atoms. The minimum absolute atomic E-state index is 0.172. The molecule has 0 saturated carbocycles. The Bertz CT molecular complexity index is 803. The summed E-state index contributed by atoms with van der Waals surface area (Å²) in [6.07, 6.45) is 0.172. The average molecular weight is 328 g/mol. The highest BCUT2D eigenvalue weighted by Crippen LogP contribution is 2.22. The number of hydrogen-bond acceptors (Lipinski definition) is 4. The van der Waals surface area contributed by atoms with Crippen molar-refractivity contribution in [3.63, 3.8) is 0 Å². The minimum atomic E-state index is 0.172. The Balaban J connectivity index is 1.71. The van der Waals surface area contributed by atoms with Gasteiger partial charge in [-0.15, -0.1) is 0 Å². The maximum atomic E-state index is 6.20. The number of para-hydroxylation sites is 2. The lowest BCUT2D eigenvalue weighted by molar-refractivity contribution is 0.242. The van der Waals surface area contributed by atoms with E-state index in [9.17, 15) is 0 Å². The molecule has 118 valence electrons. The molecule has 5 heteroatoms. The van der Waals surface area contributed by atoms with E-state index in [1.165, 1.54) is 0 Å². The first-order valence-corrected chi connectivity index (χ1v) is 7.91. The van der Waals surface area contributed by atoms with Crippen LogP contribution in [0.15, 0.2) is 48.5 Å². The van der Waals surface area contributed by atoms with E-state index < -0.39 is 0 Å². The van der Waals surface area contributed by atoms with Crippen molar-refractivity contribution >= 4 is 28.5 Å². The number of anilines is 1.